The van der Waals surface area contributed by atoms with Crippen LogP contribution in [0.15, 0.2) is 29.3 Å². The molecule has 3 saturated heterocycles. The number of sulfone groups is 1. The molecular weight excluding hydrogens is 388 g/mol. The summed E-state index contributed by atoms with van der Waals surface area (Å²) in [6.45, 7) is 2.06. The lowest BCUT2D eigenvalue weighted by Crippen LogP contribution is -2.38. The zero-order chi connectivity index (χ0) is 19.2. The number of hydrogen-bond acceptors (Lipinski definition) is 6. The summed E-state index contributed by atoms with van der Waals surface area (Å²) in [5.41, 5.74) is 1.31. The Labute approximate surface area is 162 Å². The summed E-state index contributed by atoms with van der Waals surface area (Å²) in [5.74, 6) is -0.242. The van der Waals surface area contributed by atoms with Crippen LogP contribution >= 0.6 is 11.8 Å². The SMILES string of the molecule is CC(=O)c1ccc(N2C(=NC(=O)[C@H]3CCCO3)S[C@H]3CS(=O)(=O)C[C@@H]32)cc1. The highest BCUT2D eigenvalue weighted by molar-refractivity contribution is 8.16. The van der Waals surface area contributed by atoms with Gasteiger partial charge in [-0.1, -0.05) is 11.8 Å². The van der Waals surface area contributed by atoms with E-state index in [1.54, 1.807) is 24.3 Å². The lowest BCUT2D eigenvalue weighted by Gasteiger charge is -2.24. The Hall–Kier alpha value is -1.71. The van der Waals surface area contributed by atoms with E-state index in [1.165, 1.54) is 18.7 Å². The fourth-order valence-corrected chi connectivity index (χ4v) is 7.58. The number of amides is 1. The Morgan fingerprint density at radius 1 is 1.22 bits per heavy atom. The van der Waals surface area contributed by atoms with E-state index < -0.39 is 15.9 Å². The number of amidine groups is 1. The normalized spacial score (nSPS) is 30.6. The highest BCUT2D eigenvalue weighted by atomic mass is 32.2. The molecule has 0 aromatic heterocycles. The van der Waals surface area contributed by atoms with Gasteiger partial charge in [-0.2, -0.15) is 4.99 Å². The van der Waals surface area contributed by atoms with Crippen molar-refractivity contribution in [3.05, 3.63) is 29.8 Å². The number of benzene rings is 1. The van der Waals surface area contributed by atoms with Crippen molar-refractivity contribution in [3.63, 3.8) is 0 Å². The number of carbonyl (C=O) groups is 2. The topological polar surface area (TPSA) is 93.1 Å². The molecule has 3 heterocycles. The van der Waals surface area contributed by atoms with Crippen molar-refractivity contribution in [3.8, 4) is 0 Å². The van der Waals surface area contributed by atoms with Crippen molar-refractivity contribution in [2.24, 2.45) is 4.99 Å². The highest BCUT2D eigenvalue weighted by Crippen LogP contribution is 2.41. The standard InChI is InChI=1S/C18H20N2O5S2/c1-11(21)12-4-6-13(7-5-12)20-14-9-27(23,24)10-16(14)26-18(20)19-17(22)15-3-2-8-25-15/h4-7,14-16H,2-3,8-10H2,1H3/t14-,15+,16-/m0/s1. The molecule has 0 aliphatic carbocycles. The van der Waals surface area contributed by atoms with Gasteiger partial charge >= 0.3 is 0 Å². The summed E-state index contributed by atoms with van der Waals surface area (Å²) < 4.78 is 29.6. The second-order valence-corrected chi connectivity index (χ2v) is 10.4. The molecule has 27 heavy (non-hydrogen) atoms. The Morgan fingerprint density at radius 2 is 1.96 bits per heavy atom. The molecule has 7 nitrogen and oxygen atoms in total. The van der Waals surface area contributed by atoms with Gasteiger partial charge < -0.3 is 9.64 Å². The largest absolute Gasteiger partial charge is 0.368 e. The maximum absolute atomic E-state index is 12.5. The number of fused-ring (bicyclic) bond motifs is 1. The van der Waals surface area contributed by atoms with E-state index in [4.69, 9.17) is 4.74 Å². The van der Waals surface area contributed by atoms with Crippen LogP contribution in [0, 0.1) is 0 Å². The van der Waals surface area contributed by atoms with Gasteiger partial charge in [0.15, 0.2) is 20.8 Å². The quantitative estimate of drug-likeness (QED) is 0.702. The second kappa shape index (κ2) is 7.03. The Balaban J connectivity index is 1.67. The van der Waals surface area contributed by atoms with Crippen LogP contribution < -0.4 is 4.90 Å². The lowest BCUT2D eigenvalue weighted by molar-refractivity contribution is -0.126. The number of carbonyl (C=O) groups excluding carboxylic acids is 2. The zero-order valence-electron chi connectivity index (χ0n) is 14.8. The molecule has 0 unspecified atom stereocenters. The first-order valence-electron chi connectivity index (χ1n) is 8.85. The molecule has 4 rings (SSSR count). The molecular formula is C18H20N2O5S2. The Bertz CT molecular complexity index is 904. The third kappa shape index (κ3) is 3.68. The first-order valence-corrected chi connectivity index (χ1v) is 11.6. The van der Waals surface area contributed by atoms with Crippen molar-refractivity contribution in [2.45, 2.75) is 37.2 Å². The summed E-state index contributed by atoms with van der Waals surface area (Å²) in [5, 5.41) is 0.356. The van der Waals surface area contributed by atoms with Gasteiger partial charge in [-0.05, 0) is 44.0 Å². The molecule has 3 fully saturated rings. The van der Waals surface area contributed by atoms with Gasteiger partial charge in [-0.15, -0.1) is 0 Å². The van der Waals surface area contributed by atoms with Crippen molar-refractivity contribution in [1.82, 2.24) is 0 Å². The molecule has 0 radical (unpaired) electrons. The van der Waals surface area contributed by atoms with Crippen LogP contribution in [-0.2, 0) is 19.4 Å². The van der Waals surface area contributed by atoms with Gasteiger partial charge in [0, 0.05) is 23.1 Å². The van der Waals surface area contributed by atoms with Crippen LogP contribution in [0.1, 0.15) is 30.1 Å². The van der Waals surface area contributed by atoms with E-state index in [9.17, 15) is 18.0 Å². The minimum atomic E-state index is -3.12. The minimum Gasteiger partial charge on any atom is -0.368 e. The number of rotatable bonds is 3. The van der Waals surface area contributed by atoms with E-state index in [0.717, 1.165) is 12.1 Å². The third-order valence-corrected chi connectivity index (χ3v) is 8.24. The fraction of sp³-hybridized carbons (Fsp3) is 0.500. The van der Waals surface area contributed by atoms with E-state index in [-0.39, 0.29) is 34.5 Å². The van der Waals surface area contributed by atoms with Crippen LogP contribution in [0.4, 0.5) is 5.69 Å². The minimum absolute atomic E-state index is 0.0340. The lowest BCUT2D eigenvalue weighted by atomic mass is 10.1. The summed E-state index contributed by atoms with van der Waals surface area (Å²) in [6, 6.07) is 6.70. The Kier molecular flexibility index (Phi) is 4.85. The number of thioether (sulfide) groups is 1. The first-order chi connectivity index (χ1) is 12.8. The molecule has 0 N–H and O–H groups in total. The summed E-state index contributed by atoms with van der Waals surface area (Å²) >= 11 is 1.34. The molecule has 0 bridgehead atoms. The Morgan fingerprint density at radius 3 is 2.59 bits per heavy atom. The number of ether oxygens (including phenoxy) is 1. The molecule has 1 aromatic carbocycles. The monoisotopic (exact) mass is 408 g/mol. The highest BCUT2D eigenvalue weighted by Gasteiger charge is 2.49. The fourth-order valence-electron chi connectivity index (χ4n) is 3.66. The molecule has 1 amide bonds. The van der Waals surface area contributed by atoms with E-state index >= 15 is 0 Å². The molecule has 144 valence electrons. The molecule has 3 aliphatic rings. The van der Waals surface area contributed by atoms with Crippen LogP contribution in [0.3, 0.4) is 0 Å². The average Bonchev–Trinajstić information content (AvgIpc) is 3.29. The smallest absolute Gasteiger partial charge is 0.277 e. The number of nitrogens with zero attached hydrogens (tertiary/aromatic N) is 2. The average molecular weight is 409 g/mol. The van der Waals surface area contributed by atoms with Crippen molar-refractivity contribution < 1.29 is 22.7 Å². The number of aliphatic imine (C=N–C) groups is 1. The van der Waals surface area contributed by atoms with Crippen molar-refractivity contribution in [2.75, 3.05) is 23.0 Å². The van der Waals surface area contributed by atoms with E-state index in [2.05, 4.69) is 4.99 Å². The van der Waals surface area contributed by atoms with E-state index in [1.807, 2.05) is 4.90 Å². The molecule has 3 aliphatic heterocycles. The summed E-state index contributed by atoms with van der Waals surface area (Å²) in [6.07, 6.45) is 0.993. The maximum Gasteiger partial charge on any atom is 0.277 e. The van der Waals surface area contributed by atoms with Crippen LogP contribution in [-0.4, -0.2) is 60.8 Å². The predicted molar refractivity (Wildman–Crippen MR) is 104 cm³/mol. The molecule has 0 saturated carbocycles. The van der Waals surface area contributed by atoms with Crippen molar-refractivity contribution in [1.29, 1.82) is 0 Å². The van der Waals surface area contributed by atoms with Gasteiger partial charge in [0.2, 0.25) is 0 Å². The van der Waals surface area contributed by atoms with E-state index in [0.29, 0.717) is 23.8 Å². The molecule has 1 aromatic rings. The zero-order valence-corrected chi connectivity index (χ0v) is 16.5. The molecule has 9 heteroatoms. The number of anilines is 1. The van der Waals surface area contributed by atoms with Gasteiger partial charge in [-0.3, -0.25) is 9.59 Å². The van der Waals surface area contributed by atoms with Gasteiger partial charge in [-0.25, -0.2) is 8.42 Å². The molecule has 0 spiro atoms. The number of Topliss-reactive ketones (excluding diaryl/α,β-unsaturated/α-hetero) is 1. The summed E-state index contributed by atoms with van der Waals surface area (Å²) in [4.78, 5) is 30.1. The second-order valence-electron chi connectivity index (χ2n) is 7.01. The van der Waals surface area contributed by atoms with Gasteiger partial charge in [0.05, 0.1) is 17.5 Å². The maximum atomic E-state index is 12.5. The van der Waals surface area contributed by atoms with Crippen LogP contribution in [0.2, 0.25) is 0 Å². The molecule has 3 atom stereocenters. The van der Waals surface area contributed by atoms with Crippen LogP contribution in [0.5, 0.6) is 0 Å². The number of hydrogen-bond donors (Lipinski definition) is 0. The third-order valence-electron chi connectivity index (χ3n) is 5.03. The predicted octanol–water partition coefficient (Wildman–Crippen LogP) is 1.67. The summed E-state index contributed by atoms with van der Waals surface area (Å²) in [7, 11) is -3.12. The van der Waals surface area contributed by atoms with Crippen molar-refractivity contribution >= 4 is 44.1 Å². The number of ketones is 1. The first kappa shape index (κ1) is 18.6. The van der Waals surface area contributed by atoms with Gasteiger partial charge in [0.1, 0.15) is 6.10 Å². The van der Waals surface area contributed by atoms with Crippen LogP contribution in [0.25, 0.3) is 0 Å². The van der Waals surface area contributed by atoms with Gasteiger partial charge in [0.25, 0.3) is 5.91 Å².